The van der Waals surface area contributed by atoms with E-state index in [9.17, 15) is 14.4 Å². The summed E-state index contributed by atoms with van der Waals surface area (Å²) in [5.74, 6) is 0.0559. The van der Waals surface area contributed by atoms with Gasteiger partial charge in [-0.2, -0.15) is 4.98 Å². The second kappa shape index (κ2) is 9.58. The first-order chi connectivity index (χ1) is 15.9. The molecule has 1 atom stereocenters. The maximum absolute atomic E-state index is 13.5. The number of aromatic nitrogens is 4. The summed E-state index contributed by atoms with van der Waals surface area (Å²) < 4.78 is 10.00. The predicted octanol–water partition coefficient (Wildman–Crippen LogP) is 1.73. The molecule has 3 aromatic rings. The SMILES string of the molecule is CC(C)=CCn1c(OCC2CCNC2)nc2c1c(=O)n(CC(=O)c1ccccc1)c(=O)n2C. The standard InChI is InChI=1S/C24H29N5O4/c1-16(2)10-12-28-20-21(26-23(28)33-15-17-9-11-25-13-17)27(3)24(32)29(22(20)31)14-19(30)18-7-5-4-6-8-18/h4-8,10,17,25H,9,11-15H2,1-3H3. The summed E-state index contributed by atoms with van der Waals surface area (Å²) in [5.41, 5.74) is 0.871. The third kappa shape index (κ3) is 4.68. The number of ketones is 1. The van der Waals surface area contributed by atoms with Crippen molar-refractivity contribution in [2.24, 2.45) is 13.0 Å². The van der Waals surface area contributed by atoms with Crippen LogP contribution in [0, 0.1) is 5.92 Å². The highest BCUT2D eigenvalue weighted by Gasteiger charge is 2.23. The van der Waals surface area contributed by atoms with Crippen molar-refractivity contribution >= 4 is 16.9 Å². The summed E-state index contributed by atoms with van der Waals surface area (Å²) in [6.07, 6.45) is 2.98. The third-order valence-electron chi connectivity index (χ3n) is 5.89. The molecule has 1 N–H and O–H groups in total. The number of hydrogen-bond acceptors (Lipinski definition) is 6. The number of nitrogens with zero attached hydrogens (tertiary/aromatic N) is 4. The lowest BCUT2D eigenvalue weighted by atomic mass is 10.1. The number of carbonyl (C=O) groups excluding carboxylic acids is 1. The molecular weight excluding hydrogens is 422 g/mol. The van der Waals surface area contributed by atoms with E-state index in [2.05, 4.69) is 10.3 Å². The molecule has 1 fully saturated rings. The molecule has 4 rings (SSSR count). The van der Waals surface area contributed by atoms with Gasteiger partial charge in [-0.25, -0.2) is 4.79 Å². The lowest BCUT2D eigenvalue weighted by molar-refractivity contribution is 0.0969. The summed E-state index contributed by atoms with van der Waals surface area (Å²) >= 11 is 0. The second-order valence-corrected chi connectivity index (χ2v) is 8.65. The van der Waals surface area contributed by atoms with Gasteiger partial charge in [0.15, 0.2) is 16.9 Å². The monoisotopic (exact) mass is 451 g/mol. The van der Waals surface area contributed by atoms with Gasteiger partial charge in [-0.3, -0.25) is 23.3 Å². The zero-order chi connectivity index (χ0) is 23.5. The highest BCUT2D eigenvalue weighted by atomic mass is 16.5. The van der Waals surface area contributed by atoms with E-state index in [0.717, 1.165) is 29.7 Å². The molecule has 1 aliphatic rings. The van der Waals surface area contributed by atoms with Crippen LogP contribution in [0.4, 0.5) is 0 Å². The molecule has 0 aliphatic carbocycles. The molecule has 0 amide bonds. The maximum atomic E-state index is 13.5. The molecule has 0 saturated carbocycles. The molecule has 9 heteroatoms. The smallest absolute Gasteiger partial charge is 0.332 e. The van der Waals surface area contributed by atoms with Gasteiger partial charge in [0.2, 0.25) is 0 Å². The average molecular weight is 452 g/mol. The summed E-state index contributed by atoms with van der Waals surface area (Å²) in [5, 5.41) is 3.31. The molecule has 33 heavy (non-hydrogen) atoms. The fraction of sp³-hybridized carbons (Fsp3) is 0.417. The van der Waals surface area contributed by atoms with E-state index in [4.69, 9.17) is 4.74 Å². The first-order valence-electron chi connectivity index (χ1n) is 11.1. The van der Waals surface area contributed by atoms with Crippen LogP contribution in [0.15, 0.2) is 51.6 Å². The van der Waals surface area contributed by atoms with Crippen LogP contribution in [0.5, 0.6) is 6.01 Å². The van der Waals surface area contributed by atoms with Crippen LogP contribution in [0.25, 0.3) is 11.2 Å². The number of ether oxygens (including phenoxy) is 1. The number of imidazole rings is 1. The molecule has 1 unspecified atom stereocenters. The van der Waals surface area contributed by atoms with Crippen LogP contribution >= 0.6 is 0 Å². The van der Waals surface area contributed by atoms with Crippen molar-refractivity contribution in [2.75, 3.05) is 19.7 Å². The zero-order valence-electron chi connectivity index (χ0n) is 19.2. The molecule has 0 spiro atoms. The van der Waals surface area contributed by atoms with E-state index in [-0.39, 0.29) is 23.5 Å². The Kier molecular flexibility index (Phi) is 6.60. The van der Waals surface area contributed by atoms with E-state index >= 15 is 0 Å². The Hall–Kier alpha value is -3.46. The van der Waals surface area contributed by atoms with E-state index in [0.29, 0.717) is 30.6 Å². The molecule has 3 heterocycles. The van der Waals surface area contributed by atoms with E-state index in [1.54, 1.807) is 41.9 Å². The van der Waals surface area contributed by atoms with Gasteiger partial charge in [0.1, 0.15) is 0 Å². The van der Waals surface area contributed by atoms with Crippen LogP contribution in [0.3, 0.4) is 0 Å². The Morgan fingerprint density at radius 3 is 2.64 bits per heavy atom. The average Bonchev–Trinajstić information content (AvgIpc) is 3.46. The number of aryl methyl sites for hydroxylation is 1. The van der Waals surface area contributed by atoms with E-state index in [1.165, 1.54) is 4.57 Å². The summed E-state index contributed by atoms with van der Waals surface area (Å²) in [6, 6.07) is 8.93. The van der Waals surface area contributed by atoms with Gasteiger partial charge in [-0.15, -0.1) is 0 Å². The van der Waals surface area contributed by atoms with Gasteiger partial charge < -0.3 is 10.1 Å². The number of allylic oxidation sites excluding steroid dienone is 2. The molecule has 9 nitrogen and oxygen atoms in total. The Morgan fingerprint density at radius 2 is 1.97 bits per heavy atom. The topological polar surface area (TPSA) is 100 Å². The lowest BCUT2D eigenvalue weighted by Crippen LogP contribution is -2.41. The van der Waals surface area contributed by atoms with Crippen LogP contribution in [-0.4, -0.2) is 44.2 Å². The zero-order valence-corrected chi connectivity index (χ0v) is 19.2. The van der Waals surface area contributed by atoms with Gasteiger partial charge in [-0.1, -0.05) is 42.0 Å². The first-order valence-corrected chi connectivity index (χ1v) is 11.1. The number of benzene rings is 1. The highest BCUT2D eigenvalue weighted by molar-refractivity contribution is 5.95. The van der Waals surface area contributed by atoms with Gasteiger partial charge in [0.25, 0.3) is 11.6 Å². The molecule has 0 radical (unpaired) electrons. The van der Waals surface area contributed by atoms with Crippen LogP contribution in [0.1, 0.15) is 30.6 Å². The quantitative estimate of drug-likeness (QED) is 0.414. The number of carbonyl (C=O) groups is 1. The highest BCUT2D eigenvalue weighted by Crippen LogP contribution is 2.20. The second-order valence-electron chi connectivity index (χ2n) is 8.65. The first kappa shape index (κ1) is 22.7. The minimum atomic E-state index is -0.588. The Morgan fingerprint density at radius 1 is 1.21 bits per heavy atom. The van der Waals surface area contributed by atoms with Crippen LogP contribution < -0.4 is 21.3 Å². The number of rotatable bonds is 8. The number of nitrogens with one attached hydrogen (secondary N) is 1. The molecule has 0 bridgehead atoms. The van der Waals surface area contributed by atoms with E-state index < -0.39 is 11.2 Å². The van der Waals surface area contributed by atoms with Crippen molar-refractivity contribution < 1.29 is 9.53 Å². The van der Waals surface area contributed by atoms with Gasteiger partial charge >= 0.3 is 5.69 Å². The Balaban J connectivity index is 1.79. The normalized spacial score (nSPS) is 15.7. The molecule has 1 saturated heterocycles. The third-order valence-corrected chi connectivity index (χ3v) is 5.89. The molecule has 1 aliphatic heterocycles. The molecule has 2 aromatic heterocycles. The van der Waals surface area contributed by atoms with Crippen LogP contribution in [-0.2, 0) is 20.1 Å². The maximum Gasteiger partial charge on any atom is 0.332 e. The van der Waals surface area contributed by atoms with Crippen molar-refractivity contribution in [3.63, 3.8) is 0 Å². The van der Waals surface area contributed by atoms with Crippen molar-refractivity contribution in [2.45, 2.75) is 33.4 Å². The van der Waals surface area contributed by atoms with Crippen molar-refractivity contribution in [1.29, 1.82) is 0 Å². The van der Waals surface area contributed by atoms with Gasteiger partial charge in [0.05, 0.1) is 13.2 Å². The number of Topliss-reactive ketones (excluding diaryl/α,β-unsaturated/α-hetero) is 1. The number of hydrogen-bond donors (Lipinski definition) is 1. The predicted molar refractivity (Wildman–Crippen MR) is 126 cm³/mol. The fourth-order valence-corrected chi connectivity index (χ4v) is 3.95. The van der Waals surface area contributed by atoms with Crippen molar-refractivity contribution in [1.82, 2.24) is 24.0 Å². The lowest BCUT2D eigenvalue weighted by Gasteiger charge is -2.12. The minimum Gasteiger partial charge on any atom is -0.464 e. The summed E-state index contributed by atoms with van der Waals surface area (Å²) in [7, 11) is 1.55. The molecular formula is C24H29N5O4. The van der Waals surface area contributed by atoms with Gasteiger partial charge in [-0.05, 0) is 26.8 Å². The summed E-state index contributed by atoms with van der Waals surface area (Å²) in [4.78, 5) is 43.7. The largest absolute Gasteiger partial charge is 0.464 e. The minimum absolute atomic E-state index is 0.245. The van der Waals surface area contributed by atoms with Crippen molar-refractivity contribution in [3.8, 4) is 6.01 Å². The van der Waals surface area contributed by atoms with Crippen LogP contribution in [0.2, 0.25) is 0 Å². The number of fused-ring (bicyclic) bond motifs is 1. The Labute approximate surface area is 191 Å². The Bertz CT molecular complexity index is 1310. The van der Waals surface area contributed by atoms with Gasteiger partial charge in [0, 0.05) is 31.6 Å². The fourth-order valence-electron chi connectivity index (χ4n) is 3.95. The molecule has 174 valence electrons. The summed E-state index contributed by atoms with van der Waals surface area (Å²) in [6.45, 7) is 6.27. The van der Waals surface area contributed by atoms with Crippen molar-refractivity contribution in [3.05, 3.63) is 68.4 Å². The van der Waals surface area contributed by atoms with E-state index in [1.807, 2.05) is 19.9 Å². The molecule has 1 aromatic carbocycles.